The fourth-order valence-corrected chi connectivity index (χ4v) is 3.28. The van der Waals surface area contributed by atoms with Crippen molar-refractivity contribution < 1.29 is 13.7 Å². The molecule has 0 aromatic heterocycles. The number of thioether (sulfide) groups is 1. The van der Waals surface area contributed by atoms with E-state index in [0.717, 1.165) is 18.7 Å². The Morgan fingerprint density at radius 1 is 1.23 bits per heavy atom. The second-order valence-electron chi connectivity index (χ2n) is 5.34. The molecule has 1 heterocycles. The van der Waals surface area contributed by atoms with Crippen molar-refractivity contribution in [2.24, 2.45) is 0 Å². The summed E-state index contributed by atoms with van der Waals surface area (Å²) in [6, 6.07) is 6.84. The molecular formula is C15H22F2N3S2+. The molecule has 3 N–H and O–H groups in total. The van der Waals surface area contributed by atoms with Crippen LogP contribution in [0.15, 0.2) is 29.2 Å². The van der Waals surface area contributed by atoms with Gasteiger partial charge in [-0.2, -0.15) is 8.78 Å². The molecule has 0 aliphatic carbocycles. The van der Waals surface area contributed by atoms with Crippen LogP contribution in [0.25, 0.3) is 0 Å². The smallest absolute Gasteiger partial charge is 0.288 e. The van der Waals surface area contributed by atoms with Crippen molar-refractivity contribution in [3.05, 3.63) is 24.3 Å². The molecule has 1 fully saturated rings. The summed E-state index contributed by atoms with van der Waals surface area (Å²) >= 11 is 5.78. The molecule has 1 aromatic rings. The van der Waals surface area contributed by atoms with Crippen LogP contribution < -0.4 is 15.5 Å². The van der Waals surface area contributed by atoms with E-state index in [1.807, 2.05) is 0 Å². The van der Waals surface area contributed by atoms with Crippen molar-refractivity contribution in [3.8, 4) is 0 Å². The summed E-state index contributed by atoms with van der Waals surface area (Å²) in [5.41, 5.74) is 0.807. The number of alkyl halides is 2. The molecule has 22 heavy (non-hydrogen) atoms. The van der Waals surface area contributed by atoms with Gasteiger partial charge in [0.15, 0.2) is 5.11 Å². The molecule has 122 valence electrons. The minimum absolute atomic E-state index is 0.543. The van der Waals surface area contributed by atoms with Crippen molar-refractivity contribution in [3.63, 3.8) is 0 Å². The summed E-state index contributed by atoms with van der Waals surface area (Å²) in [6.07, 6.45) is 3.80. The molecule has 2 rings (SSSR count). The van der Waals surface area contributed by atoms with E-state index in [9.17, 15) is 8.78 Å². The van der Waals surface area contributed by atoms with Gasteiger partial charge in [-0.25, -0.2) is 0 Å². The summed E-state index contributed by atoms with van der Waals surface area (Å²) in [6.45, 7) is 4.64. The van der Waals surface area contributed by atoms with Crippen LogP contribution in [0.1, 0.15) is 19.3 Å². The monoisotopic (exact) mass is 346 g/mol. The van der Waals surface area contributed by atoms with Gasteiger partial charge in [0.25, 0.3) is 5.76 Å². The number of hydrogen-bond acceptors (Lipinski definition) is 2. The lowest BCUT2D eigenvalue weighted by Gasteiger charge is -2.13. The Hall–Kier alpha value is -0.920. The van der Waals surface area contributed by atoms with Gasteiger partial charge in [-0.3, -0.25) is 0 Å². The Kier molecular flexibility index (Phi) is 7.35. The average Bonchev–Trinajstić information content (AvgIpc) is 2.98. The van der Waals surface area contributed by atoms with E-state index in [1.54, 1.807) is 29.2 Å². The standard InChI is InChI=1S/C15H21F2N3S2/c16-14(17)22-13-6-4-12(5-7-13)19-15(21)18-8-3-11-20-9-1-2-10-20/h4-7,14H,1-3,8-11H2,(H2,18,19,21)/p+1. The van der Waals surface area contributed by atoms with Crippen LogP contribution in [-0.2, 0) is 0 Å². The van der Waals surface area contributed by atoms with Crippen LogP contribution in [0.2, 0.25) is 0 Å². The highest BCUT2D eigenvalue weighted by molar-refractivity contribution is 7.99. The number of anilines is 1. The SMILES string of the molecule is FC(F)Sc1ccc(NC(=S)NCCC[NH+]2CCCC2)cc1. The molecule has 1 aliphatic rings. The second kappa shape index (κ2) is 9.27. The molecule has 0 saturated carbocycles. The zero-order valence-electron chi connectivity index (χ0n) is 12.4. The van der Waals surface area contributed by atoms with Gasteiger partial charge in [-0.1, -0.05) is 11.8 Å². The lowest BCUT2D eigenvalue weighted by Crippen LogP contribution is -3.10. The van der Waals surface area contributed by atoms with Gasteiger partial charge in [0.05, 0.1) is 19.6 Å². The van der Waals surface area contributed by atoms with Crippen LogP contribution in [0.5, 0.6) is 0 Å². The van der Waals surface area contributed by atoms with E-state index in [4.69, 9.17) is 12.2 Å². The molecule has 0 amide bonds. The lowest BCUT2D eigenvalue weighted by molar-refractivity contribution is -0.887. The minimum atomic E-state index is -2.39. The minimum Gasteiger partial charge on any atom is -0.362 e. The van der Waals surface area contributed by atoms with Crippen LogP contribution in [0.4, 0.5) is 14.5 Å². The number of thiocarbonyl (C=S) groups is 1. The molecule has 0 spiro atoms. The molecule has 3 nitrogen and oxygen atoms in total. The van der Waals surface area contributed by atoms with E-state index in [-0.39, 0.29) is 0 Å². The number of likely N-dealkylation sites (tertiary alicyclic amines) is 1. The molecule has 0 bridgehead atoms. The number of benzene rings is 1. The second-order valence-corrected chi connectivity index (χ2v) is 6.82. The maximum Gasteiger partial charge on any atom is 0.288 e. The Morgan fingerprint density at radius 2 is 1.91 bits per heavy atom. The van der Waals surface area contributed by atoms with E-state index in [1.165, 1.54) is 32.5 Å². The first-order chi connectivity index (χ1) is 10.6. The summed E-state index contributed by atoms with van der Waals surface area (Å²) in [7, 11) is 0. The van der Waals surface area contributed by atoms with Gasteiger partial charge >= 0.3 is 0 Å². The molecule has 1 aliphatic heterocycles. The van der Waals surface area contributed by atoms with Gasteiger partial charge in [0, 0.05) is 36.4 Å². The summed E-state index contributed by atoms with van der Waals surface area (Å²) in [4.78, 5) is 2.24. The zero-order valence-corrected chi connectivity index (χ0v) is 14.0. The van der Waals surface area contributed by atoms with Crippen LogP contribution in [0, 0.1) is 0 Å². The van der Waals surface area contributed by atoms with Crippen LogP contribution in [0.3, 0.4) is 0 Å². The molecule has 1 saturated heterocycles. The highest BCUT2D eigenvalue weighted by Gasteiger charge is 2.14. The number of nitrogens with one attached hydrogen (secondary N) is 3. The average molecular weight is 346 g/mol. The predicted octanol–water partition coefficient (Wildman–Crippen LogP) is 2.36. The van der Waals surface area contributed by atoms with Gasteiger partial charge < -0.3 is 15.5 Å². The fourth-order valence-electron chi connectivity index (χ4n) is 2.56. The van der Waals surface area contributed by atoms with Crippen molar-refractivity contribution in [1.82, 2.24) is 5.32 Å². The van der Waals surface area contributed by atoms with Crippen molar-refractivity contribution >= 4 is 34.8 Å². The molecule has 0 atom stereocenters. The third-order valence-corrected chi connectivity index (χ3v) is 4.61. The van der Waals surface area contributed by atoms with E-state index < -0.39 is 5.76 Å². The first-order valence-electron chi connectivity index (χ1n) is 7.57. The summed E-state index contributed by atoms with van der Waals surface area (Å²) in [5.74, 6) is -2.39. The molecule has 7 heteroatoms. The number of quaternary nitrogens is 1. The van der Waals surface area contributed by atoms with Gasteiger partial charge in [0.1, 0.15) is 0 Å². The van der Waals surface area contributed by atoms with Gasteiger partial charge in [-0.15, -0.1) is 0 Å². The Morgan fingerprint density at radius 3 is 2.55 bits per heavy atom. The summed E-state index contributed by atoms with van der Waals surface area (Å²) in [5, 5.41) is 6.83. The van der Waals surface area contributed by atoms with E-state index >= 15 is 0 Å². The van der Waals surface area contributed by atoms with Crippen molar-refractivity contribution in [1.29, 1.82) is 0 Å². The first-order valence-corrected chi connectivity index (χ1v) is 8.85. The summed E-state index contributed by atoms with van der Waals surface area (Å²) < 4.78 is 24.5. The Balaban J connectivity index is 1.63. The number of rotatable bonds is 7. The molecule has 1 aromatic carbocycles. The van der Waals surface area contributed by atoms with Gasteiger partial charge in [0.2, 0.25) is 0 Å². The maximum atomic E-state index is 12.2. The lowest BCUT2D eigenvalue weighted by atomic mass is 10.3. The maximum absolute atomic E-state index is 12.2. The normalized spacial score (nSPS) is 15.2. The largest absolute Gasteiger partial charge is 0.362 e. The first kappa shape index (κ1) is 17.4. The third-order valence-electron chi connectivity index (χ3n) is 3.64. The topological polar surface area (TPSA) is 28.5 Å². The Labute approximate surface area is 139 Å². The fraction of sp³-hybridized carbons (Fsp3) is 0.533. The van der Waals surface area contributed by atoms with Crippen molar-refractivity contribution in [2.75, 3.05) is 31.5 Å². The Bertz CT molecular complexity index is 462. The highest BCUT2D eigenvalue weighted by Crippen LogP contribution is 2.26. The number of hydrogen-bond donors (Lipinski definition) is 3. The zero-order chi connectivity index (χ0) is 15.8. The van der Waals surface area contributed by atoms with Crippen LogP contribution in [-0.4, -0.2) is 37.0 Å². The van der Waals surface area contributed by atoms with Crippen molar-refractivity contribution in [2.45, 2.75) is 29.9 Å². The third kappa shape index (κ3) is 6.46. The van der Waals surface area contributed by atoms with E-state index in [2.05, 4.69) is 10.6 Å². The number of halogens is 2. The predicted molar refractivity (Wildman–Crippen MR) is 91.9 cm³/mol. The molecule has 0 unspecified atom stereocenters. The molecular weight excluding hydrogens is 324 g/mol. The van der Waals surface area contributed by atoms with Gasteiger partial charge in [-0.05, 0) is 36.5 Å². The quantitative estimate of drug-likeness (QED) is 0.402. The highest BCUT2D eigenvalue weighted by atomic mass is 32.2. The van der Waals surface area contributed by atoms with E-state index in [0.29, 0.717) is 21.8 Å². The molecule has 0 radical (unpaired) electrons. The van der Waals surface area contributed by atoms with Crippen LogP contribution >= 0.6 is 24.0 Å².